The zero-order valence-electron chi connectivity index (χ0n) is 17.5. The number of guanidine groups is 1. The fourth-order valence-corrected chi connectivity index (χ4v) is 3.54. The van der Waals surface area contributed by atoms with E-state index in [-0.39, 0.29) is 5.91 Å². The largest absolute Gasteiger partial charge is 0.416 e. The van der Waals surface area contributed by atoms with Crippen LogP contribution in [-0.4, -0.2) is 57.0 Å². The number of benzene rings is 2. The van der Waals surface area contributed by atoms with Gasteiger partial charge in [-0.25, -0.2) is 0 Å². The number of nitrogens with zero attached hydrogens (tertiary/aromatic N) is 3. The number of piperazine rings is 1. The van der Waals surface area contributed by atoms with Gasteiger partial charge in [0.25, 0.3) is 5.91 Å². The average molecular weight is 433 g/mol. The van der Waals surface area contributed by atoms with E-state index in [2.05, 4.69) is 20.5 Å². The molecule has 31 heavy (non-hydrogen) atoms. The minimum Gasteiger partial charge on any atom is -0.368 e. The average Bonchev–Trinajstić information content (AvgIpc) is 2.79. The Hall–Kier alpha value is -3.23. The van der Waals surface area contributed by atoms with Crippen LogP contribution in [0.25, 0.3) is 0 Å². The minimum atomic E-state index is -4.35. The standard InChI is InChI=1S/C22H26F3N5O/c1-26-20(31)17-6-3-5-16(13-17)15-28-21(27-2)30-11-9-29(10-12-30)19-8-4-7-18(14-19)22(23,24)25/h3-8,13-14H,9-12,15H2,1-2H3,(H,26,31)(H,27,28). The van der Waals surface area contributed by atoms with Crippen molar-refractivity contribution < 1.29 is 18.0 Å². The second-order valence-electron chi connectivity index (χ2n) is 7.20. The molecule has 0 atom stereocenters. The molecule has 166 valence electrons. The highest BCUT2D eigenvalue weighted by Crippen LogP contribution is 2.31. The van der Waals surface area contributed by atoms with Gasteiger partial charge in [0, 0.05) is 58.1 Å². The summed E-state index contributed by atoms with van der Waals surface area (Å²) in [5, 5.41) is 5.91. The summed E-state index contributed by atoms with van der Waals surface area (Å²) in [5.74, 6) is 0.575. The van der Waals surface area contributed by atoms with E-state index < -0.39 is 11.7 Å². The van der Waals surface area contributed by atoms with Gasteiger partial charge in [0.1, 0.15) is 0 Å². The molecule has 1 heterocycles. The van der Waals surface area contributed by atoms with Crippen molar-refractivity contribution in [2.45, 2.75) is 12.7 Å². The Bertz CT molecular complexity index is 937. The Balaban J connectivity index is 1.58. The number of hydrogen-bond donors (Lipinski definition) is 2. The van der Waals surface area contributed by atoms with Gasteiger partial charge in [-0.2, -0.15) is 13.2 Å². The van der Waals surface area contributed by atoms with E-state index in [0.717, 1.165) is 11.6 Å². The first-order chi connectivity index (χ1) is 14.8. The molecule has 6 nitrogen and oxygen atoms in total. The third-order valence-electron chi connectivity index (χ3n) is 5.20. The van der Waals surface area contributed by atoms with Crippen LogP contribution < -0.4 is 15.5 Å². The number of rotatable bonds is 4. The zero-order valence-corrected chi connectivity index (χ0v) is 17.5. The van der Waals surface area contributed by atoms with E-state index in [0.29, 0.717) is 49.9 Å². The lowest BCUT2D eigenvalue weighted by atomic mass is 10.1. The van der Waals surface area contributed by atoms with E-state index in [4.69, 9.17) is 0 Å². The highest BCUT2D eigenvalue weighted by Gasteiger charge is 2.31. The van der Waals surface area contributed by atoms with Crippen LogP contribution in [0.2, 0.25) is 0 Å². The number of nitrogens with one attached hydrogen (secondary N) is 2. The van der Waals surface area contributed by atoms with Gasteiger partial charge in [-0.1, -0.05) is 18.2 Å². The maximum atomic E-state index is 13.0. The maximum absolute atomic E-state index is 13.0. The molecule has 0 aliphatic carbocycles. The summed E-state index contributed by atoms with van der Waals surface area (Å²) >= 11 is 0. The maximum Gasteiger partial charge on any atom is 0.416 e. The molecule has 1 amide bonds. The topological polar surface area (TPSA) is 60.0 Å². The number of amides is 1. The van der Waals surface area contributed by atoms with Crippen molar-refractivity contribution >= 4 is 17.6 Å². The second kappa shape index (κ2) is 9.72. The van der Waals surface area contributed by atoms with E-state index in [9.17, 15) is 18.0 Å². The molecule has 1 fully saturated rings. The summed E-state index contributed by atoms with van der Waals surface area (Å²) in [7, 11) is 3.29. The van der Waals surface area contributed by atoms with E-state index in [1.54, 1.807) is 26.2 Å². The third kappa shape index (κ3) is 5.68. The van der Waals surface area contributed by atoms with Crippen LogP contribution >= 0.6 is 0 Å². The molecule has 1 aliphatic rings. The Labute approximate surface area is 179 Å². The summed E-state index contributed by atoms with van der Waals surface area (Å²) in [6.45, 7) is 2.95. The molecule has 1 aliphatic heterocycles. The van der Waals surface area contributed by atoms with E-state index in [1.165, 1.54) is 12.1 Å². The lowest BCUT2D eigenvalue weighted by Crippen LogP contribution is -2.52. The Morgan fingerprint density at radius 3 is 2.42 bits per heavy atom. The van der Waals surface area contributed by atoms with Crippen LogP contribution in [0.3, 0.4) is 0 Å². The highest BCUT2D eigenvalue weighted by molar-refractivity contribution is 5.94. The third-order valence-corrected chi connectivity index (χ3v) is 5.20. The van der Waals surface area contributed by atoms with Gasteiger partial charge in [0.2, 0.25) is 0 Å². The van der Waals surface area contributed by atoms with Gasteiger partial charge in [0.15, 0.2) is 5.96 Å². The molecule has 0 bridgehead atoms. The van der Waals surface area contributed by atoms with E-state index in [1.807, 2.05) is 23.1 Å². The van der Waals surface area contributed by atoms with Crippen molar-refractivity contribution in [3.8, 4) is 0 Å². The SMILES string of the molecule is CN=C(NCc1cccc(C(=O)NC)c1)N1CCN(c2cccc(C(F)(F)F)c2)CC1. The molecule has 3 rings (SSSR count). The van der Waals surface area contributed by atoms with E-state index >= 15 is 0 Å². The number of aliphatic imine (C=N–C) groups is 1. The quantitative estimate of drug-likeness (QED) is 0.575. The number of alkyl halides is 3. The monoisotopic (exact) mass is 433 g/mol. The van der Waals surface area contributed by atoms with Crippen molar-refractivity contribution in [2.24, 2.45) is 4.99 Å². The number of hydrogen-bond acceptors (Lipinski definition) is 3. The Kier molecular flexibility index (Phi) is 7.04. The van der Waals surface area contributed by atoms with Crippen molar-refractivity contribution in [1.29, 1.82) is 0 Å². The van der Waals surface area contributed by atoms with Gasteiger partial charge in [-0.3, -0.25) is 9.79 Å². The van der Waals surface area contributed by atoms with Gasteiger partial charge in [0.05, 0.1) is 5.56 Å². The van der Waals surface area contributed by atoms with Crippen molar-refractivity contribution in [2.75, 3.05) is 45.2 Å². The molecule has 0 radical (unpaired) electrons. The number of anilines is 1. The highest BCUT2D eigenvalue weighted by atomic mass is 19.4. The first-order valence-electron chi connectivity index (χ1n) is 10.0. The van der Waals surface area contributed by atoms with Crippen molar-refractivity contribution in [3.63, 3.8) is 0 Å². The summed E-state index contributed by atoms with van der Waals surface area (Å²) in [4.78, 5) is 20.2. The van der Waals surface area contributed by atoms with Crippen LogP contribution in [0.1, 0.15) is 21.5 Å². The fourth-order valence-electron chi connectivity index (χ4n) is 3.54. The molecular weight excluding hydrogens is 407 g/mol. The molecular formula is C22H26F3N5O. The van der Waals surface area contributed by atoms with Gasteiger partial charge >= 0.3 is 6.18 Å². The smallest absolute Gasteiger partial charge is 0.368 e. The predicted molar refractivity (Wildman–Crippen MR) is 115 cm³/mol. The summed E-state index contributed by atoms with van der Waals surface area (Å²) < 4.78 is 39.0. The molecule has 2 aromatic rings. The second-order valence-corrected chi connectivity index (χ2v) is 7.20. The summed E-state index contributed by atoms with van der Waals surface area (Å²) in [6.07, 6.45) is -4.35. The molecule has 1 saturated heterocycles. The van der Waals surface area contributed by atoms with Crippen molar-refractivity contribution in [1.82, 2.24) is 15.5 Å². The van der Waals surface area contributed by atoms with Crippen LogP contribution in [0.4, 0.5) is 18.9 Å². The Morgan fingerprint density at radius 2 is 1.77 bits per heavy atom. The molecule has 2 N–H and O–H groups in total. The normalized spacial score (nSPS) is 15.1. The molecule has 2 aromatic carbocycles. The molecule has 9 heteroatoms. The molecule has 0 aromatic heterocycles. The molecule has 0 spiro atoms. The van der Waals surface area contributed by atoms with Gasteiger partial charge in [-0.15, -0.1) is 0 Å². The number of carbonyl (C=O) groups excluding carboxylic acids is 1. The van der Waals surface area contributed by atoms with Gasteiger partial charge in [-0.05, 0) is 35.9 Å². The number of carbonyl (C=O) groups is 1. The first-order valence-corrected chi connectivity index (χ1v) is 10.0. The lowest BCUT2D eigenvalue weighted by Gasteiger charge is -2.37. The summed E-state index contributed by atoms with van der Waals surface area (Å²) in [6, 6.07) is 12.8. The van der Waals surface area contributed by atoms with Crippen LogP contribution in [-0.2, 0) is 12.7 Å². The lowest BCUT2D eigenvalue weighted by molar-refractivity contribution is -0.137. The van der Waals surface area contributed by atoms with Crippen molar-refractivity contribution in [3.05, 3.63) is 65.2 Å². The summed E-state index contributed by atoms with van der Waals surface area (Å²) in [5.41, 5.74) is 1.48. The number of halogens is 3. The zero-order chi connectivity index (χ0) is 22.4. The first kappa shape index (κ1) is 22.5. The molecule has 0 unspecified atom stereocenters. The van der Waals surface area contributed by atoms with Gasteiger partial charge < -0.3 is 20.4 Å². The fraction of sp³-hybridized carbons (Fsp3) is 0.364. The van der Waals surface area contributed by atoms with Crippen LogP contribution in [0.5, 0.6) is 0 Å². The van der Waals surface area contributed by atoms with Crippen LogP contribution in [0.15, 0.2) is 53.5 Å². The molecule has 0 saturated carbocycles. The predicted octanol–water partition coefficient (Wildman–Crippen LogP) is 2.96. The minimum absolute atomic E-state index is 0.142. The van der Waals surface area contributed by atoms with Crippen LogP contribution in [0, 0.1) is 0 Å². The Morgan fingerprint density at radius 1 is 1.06 bits per heavy atom.